The maximum atomic E-state index is 12.4. The lowest BCUT2D eigenvalue weighted by atomic mass is 10.1. The fourth-order valence-electron chi connectivity index (χ4n) is 2.76. The molecule has 1 aromatic carbocycles. The lowest BCUT2D eigenvalue weighted by Crippen LogP contribution is -2.34. The Morgan fingerprint density at radius 1 is 1.44 bits per heavy atom. The van der Waals surface area contributed by atoms with Crippen molar-refractivity contribution in [3.8, 4) is 0 Å². The quantitative estimate of drug-likeness (QED) is 0.809. The molecule has 1 atom stereocenters. The fraction of sp³-hybridized carbons (Fsp3) is 0.400. The summed E-state index contributed by atoms with van der Waals surface area (Å²) in [5.41, 5.74) is 0.785. The van der Waals surface area contributed by atoms with Gasteiger partial charge in [0.1, 0.15) is 5.58 Å². The molecule has 94 valence electrons. The van der Waals surface area contributed by atoms with Crippen molar-refractivity contribution >= 4 is 16.9 Å². The largest absolute Gasteiger partial charge is 0.451 e. The van der Waals surface area contributed by atoms with Crippen LogP contribution in [0.25, 0.3) is 11.0 Å². The van der Waals surface area contributed by atoms with E-state index in [0.717, 1.165) is 36.8 Å². The van der Waals surface area contributed by atoms with Gasteiger partial charge < -0.3 is 9.32 Å². The Morgan fingerprint density at radius 2 is 2.28 bits per heavy atom. The zero-order chi connectivity index (χ0) is 12.5. The Balaban J connectivity index is 1.91. The molecule has 3 heteroatoms. The topological polar surface area (TPSA) is 33.5 Å². The Hall–Kier alpha value is -1.77. The average Bonchev–Trinajstić information content (AvgIpc) is 3.03. The number of carbonyl (C=O) groups is 1. The van der Waals surface area contributed by atoms with Crippen LogP contribution in [0.2, 0.25) is 0 Å². The summed E-state index contributed by atoms with van der Waals surface area (Å²) in [6, 6.07) is 9.97. The summed E-state index contributed by atoms with van der Waals surface area (Å²) in [6.07, 6.45) is 3.24. The van der Waals surface area contributed by atoms with Gasteiger partial charge in [0, 0.05) is 18.0 Å². The SMILES string of the molecule is CC[C@H]1CCCN1C(=O)c1cc2ccccc2o1. The molecule has 0 bridgehead atoms. The summed E-state index contributed by atoms with van der Waals surface area (Å²) in [4.78, 5) is 14.4. The number of hydrogen-bond donors (Lipinski definition) is 0. The van der Waals surface area contributed by atoms with Crippen LogP contribution in [-0.2, 0) is 0 Å². The molecule has 3 nitrogen and oxygen atoms in total. The monoisotopic (exact) mass is 243 g/mol. The van der Waals surface area contributed by atoms with E-state index in [4.69, 9.17) is 4.42 Å². The van der Waals surface area contributed by atoms with Crippen LogP contribution in [0.4, 0.5) is 0 Å². The number of amides is 1. The first-order valence-electron chi connectivity index (χ1n) is 6.59. The number of benzene rings is 1. The molecule has 0 N–H and O–H groups in total. The highest BCUT2D eigenvalue weighted by Gasteiger charge is 2.29. The fourth-order valence-corrected chi connectivity index (χ4v) is 2.76. The minimum atomic E-state index is 0.0375. The maximum Gasteiger partial charge on any atom is 0.289 e. The van der Waals surface area contributed by atoms with Gasteiger partial charge in [-0.15, -0.1) is 0 Å². The van der Waals surface area contributed by atoms with Crippen LogP contribution in [0, 0.1) is 0 Å². The summed E-state index contributed by atoms with van der Waals surface area (Å²) >= 11 is 0. The third-order valence-corrected chi connectivity index (χ3v) is 3.75. The minimum absolute atomic E-state index is 0.0375. The molecule has 0 spiro atoms. The molecule has 1 aliphatic heterocycles. The lowest BCUT2D eigenvalue weighted by Gasteiger charge is -2.22. The molecule has 0 saturated carbocycles. The van der Waals surface area contributed by atoms with Gasteiger partial charge in [0.25, 0.3) is 5.91 Å². The van der Waals surface area contributed by atoms with Gasteiger partial charge in [-0.05, 0) is 31.4 Å². The van der Waals surface area contributed by atoms with Crippen molar-refractivity contribution in [3.05, 3.63) is 36.1 Å². The van der Waals surface area contributed by atoms with E-state index in [9.17, 15) is 4.79 Å². The van der Waals surface area contributed by atoms with E-state index in [2.05, 4.69) is 6.92 Å². The highest BCUT2D eigenvalue weighted by Crippen LogP contribution is 2.25. The molecular weight excluding hydrogens is 226 g/mol. The molecule has 1 aromatic heterocycles. The zero-order valence-corrected chi connectivity index (χ0v) is 10.6. The number of carbonyl (C=O) groups excluding carboxylic acids is 1. The van der Waals surface area contributed by atoms with E-state index >= 15 is 0 Å². The maximum absolute atomic E-state index is 12.4. The molecule has 2 heterocycles. The standard InChI is InChI=1S/C15H17NO2/c1-2-12-7-5-9-16(12)15(17)14-10-11-6-3-4-8-13(11)18-14/h3-4,6,8,10,12H,2,5,7,9H2,1H3/t12-/m0/s1. The molecule has 18 heavy (non-hydrogen) atoms. The van der Waals surface area contributed by atoms with Gasteiger partial charge in [0.2, 0.25) is 0 Å². The molecule has 0 radical (unpaired) electrons. The van der Waals surface area contributed by atoms with Crippen LogP contribution >= 0.6 is 0 Å². The predicted octanol–water partition coefficient (Wildman–Crippen LogP) is 3.45. The van der Waals surface area contributed by atoms with E-state index in [0.29, 0.717) is 11.8 Å². The number of fused-ring (bicyclic) bond motifs is 1. The second kappa shape index (κ2) is 4.48. The van der Waals surface area contributed by atoms with Crippen LogP contribution in [0.1, 0.15) is 36.7 Å². The molecule has 2 aromatic rings. The number of nitrogens with zero attached hydrogens (tertiary/aromatic N) is 1. The van der Waals surface area contributed by atoms with Gasteiger partial charge >= 0.3 is 0 Å². The van der Waals surface area contributed by atoms with Crippen LogP contribution in [-0.4, -0.2) is 23.4 Å². The smallest absolute Gasteiger partial charge is 0.289 e. The molecule has 1 aliphatic rings. The summed E-state index contributed by atoms with van der Waals surface area (Å²) in [7, 11) is 0. The van der Waals surface area contributed by atoms with Crippen molar-refractivity contribution < 1.29 is 9.21 Å². The molecule has 0 aliphatic carbocycles. The van der Waals surface area contributed by atoms with Crippen molar-refractivity contribution in [2.24, 2.45) is 0 Å². The van der Waals surface area contributed by atoms with Crippen LogP contribution in [0.15, 0.2) is 34.7 Å². The molecule has 1 fully saturated rings. The summed E-state index contributed by atoms with van der Waals surface area (Å²) < 4.78 is 5.64. The Morgan fingerprint density at radius 3 is 3.06 bits per heavy atom. The van der Waals surface area contributed by atoms with Crippen molar-refractivity contribution in [2.45, 2.75) is 32.2 Å². The van der Waals surface area contributed by atoms with Gasteiger partial charge in [-0.1, -0.05) is 25.1 Å². The summed E-state index contributed by atoms with van der Waals surface area (Å²) in [5, 5.41) is 0.994. The Kier molecular flexibility index (Phi) is 2.82. The number of likely N-dealkylation sites (tertiary alicyclic amines) is 1. The first-order valence-corrected chi connectivity index (χ1v) is 6.59. The third-order valence-electron chi connectivity index (χ3n) is 3.75. The number of furan rings is 1. The number of rotatable bonds is 2. The first kappa shape index (κ1) is 11.3. The second-order valence-corrected chi connectivity index (χ2v) is 4.85. The number of para-hydroxylation sites is 1. The van der Waals surface area contributed by atoms with Crippen LogP contribution < -0.4 is 0 Å². The lowest BCUT2D eigenvalue weighted by molar-refractivity contribution is 0.0704. The minimum Gasteiger partial charge on any atom is -0.451 e. The Bertz CT molecular complexity index is 540. The average molecular weight is 243 g/mol. The van der Waals surface area contributed by atoms with Gasteiger partial charge in [-0.2, -0.15) is 0 Å². The van der Waals surface area contributed by atoms with E-state index in [-0.39, 0.29) is 5.91 Å². The second-order valence-electron chi connectivity index (χ2n) is 4.85. The van der Waals surface area contributed by atoms with Crippen molar-refractivity contribution in [1.29, 1.82) is 0 Å². The normalized spacial score (nSPS) is 19.6. The van der Waals surface area contributed by atoms with E-state index < -0.39 is 0 Å². The summed E-state index contributed by atoms with van der Waals surface area (Å²) in [6.45, 7) is 2.99. The molecule has 1 saturated heterocycles. The molecular formula is C15H17NO2. The predicted molar refractivity (Wildman–Crippen MR) is 70.6 cm³/mol. The van der Waals surface area contributed by atoms with Crippen molar-refractivity contribution in [3.63, 3.8) is 0 Å². The molecule has 0 unspecified atom stereocenters. The van der Waals surface area contributed by atoms with E-state index in [1.54, 1.807) is 0 Å². The van der Waals surface area contributed by atoms with Crippen molar-refractivity contribution in [1.82, 2.24) is 4.90 Å². The molecule has 3 rings (SSSR count). The van der Waals surface area contributed by atoms with Gasteiger partial charge in [0.05, 0.1) is 0 Å². The summed E-state index contributed by atoms with van der Waals surface area (Å²) in [5.74, 6) is 0.507. The van der Waals surface area contributed by atoms with Crippen LogP contribution in [0.5, 0.6) is 0 Å². The van der Waals surface area contributed by atoms with Crippen molar-refractivity contribution in [2.75, 3.05) is 6.54 Å². The van der Waals surface area contributed by atoms with Gasteiger partial charge in [0.15, 0.2) is 5.76 Å². The molecule has 1 amide bonds. The highest BCUT2D eigenvalue weighted by atomic mass is 16.3. The zero-order valence-electron chi connectivity index (χ0n) is 10.6. The Labute approximate surface area is 106 Å². The van der Waals surface area contributed by atoms with E-state index in [1.165, 1.54) is 0 Å². The first-order chi connectivity index (χ1) is 8.79. The third kappa shape index (κ3) is 1.80. The van der Waals surface area contributed by atoms with Gasteiger partial charge in [-0.3, -0.25) is 4.79 Å². The van der Waals surface area contributed by atoms with Gasteiger partial charge in [-0.25, -0.2) is 0 Å². The number of hydrogen-bond acceptors (Lipinski definition) is 2. The van der Waals surface area contributed by atoms with Crippen LogP contribution in [0.3, 0.4) is 0 Å². The van der Waals surface area contributed by atoms with E-state index in [1.807, 2.05) is 35.2 Å². The highest BCUT2D eigenvalue weighted by molar-refractivity contribution is 5.96.